The number of aliphatic carboxylic acids is 2. The lowest BCUT2D eigenvalue weighted by molar-refractivity contribution is -0.141. The molecule has 0 aliphatic rings. The summed E-state index contributed by atoms with van der Waals surface area (Å²) in [6, 6.07) is 6.32. The molecular formula is C22H23I3N2O8. The standard InChI is InChI=1S/C11H11I2NO4.C11H12INO4/c1-5(15)14-9(11(17)18)4-6-2-7(12)10(16)8(13)3-6;1-6(14)13-9(11(16)17)5-7-2-3-10(15)8(12)4-7/h2-3,9,16H,4H2,1H3,(H,14,15)(H,17,18);2-4,9,15H,5H2,1H3,(H,13,14)(H,16,17). The van der Waals surface area contributed by atoms with E-state index in [1.165, 1.54) is 19.9 Å². The molecule has 2 rings (SSSR count). The molecule has 10 nitrogen and oxygen atoms in total. The van der Waals surface area contributed by atoms with E-state index in [0.29, 0.717) is 10.7 Å². The zero-order valence-corrected chi connectivity index (χ0v) is 25.0. The fourth-order valence-electron chi connectivity index (χ4n) is 2.78. The summed E-state index contributed by atoms with van der Waals surface area (Å²) in [5.41, 5.74) is 1.50. The largest absolute Gasteiger partial charge is 0.507 e. The van der Waals surface area contributed by atoms with Gasteiger partial charge in [0.25, 0.3) is 0 Å². The van der Waals surface area contributed by atoms with Gasteiger partial charge in [-0.3, -0.25) is 9.59 Å². The number of amides is 2. The minimum Gasteiger partial charge on any atom is -0.507 e. The van der Waals surface area contributed by atoms with Crippen molar-refractivity contribution in [3.05, 3.63) is 52.2 Å². The Morgan fingerprint density at radius 1 is 0.743 bits per heavy atom. The minimum absolute atomic E-state index is 0.153. The maximum atomic E-state index is 11.0. The fourth-order valence-corrected chi connectivity index (χ4v) is 5.25. The number of nitrogens with one attached hydrogen (secondary N) is 2. The second-order valence-electron chi connectivity index (χ2n) is 7.28. The van der Waals surface area contributed by atoms with E-state index >= 15 is 0 Å². The number of phenols is 2. The molecule has 0 saturated heterocycles. The normalized spacial score (nSPS) is 11.9. The molecule has 6 N–H and O–H groups in total. The molecule has 2 amide bonds. The van der Waals surface area contributed by atoms with Crippen LogP contribution in [-0.4, -0.2) is 56.3 Å². The Morgan fingerprint density at radius 2 is 1.14 bits per heavy atom. The first kappa shape index (κ1) is 31.1. The van der Waals surface area contributed by atoms with Crippen molar-refractivity contribution in [3.63, 3.8) is 0 Å². The number of phenolic OH excluding ortho intramolecular Hbond substituents is 2. The topological polar surface area (TPSA) is 173 Å². The van der Waals surface area contributed by atoms with Gasteiger partial charge in [-0.15, -0.1) is 0 Å². The predicted octanol–water partition coefficient (Wildman–Crippen LogP) is 2.86. The van der Waals surface area contributed by atoms with Crippen molar-refractivity contribution in [1.29, 1.82) is 0 Å². The van der Waals surface area contributed by atoms with Crippen LogP contribution in [0.1, 0.15) is 25.0 Å². The van der Waals surface area contributed by atoms with Gasteiger partial charge in [0.15, 0.2) is 0 Å². The molecule has 0 heterocycles. The van der Waals surface area contributed by atoms with Crippen molar-refractivity contribution in [3.8, 4) is 11.5 Å². The Hall–Kier alpha value is -1.89. The number of carbonyl (C=O) groups is 4. The Balaban J connectivity index is 0.000000351. The van der Waals surface area contributed by atoms with E-state index in [9.17, 15) is 29.4 Å². The van der Waals surface area contributed by atoms with Crippen LogP contribution in [0.25, 0.3) is 0 Å². The first-order chi connectivity index (χ1) is 16.2. The van der Waals surface area contributed by atoms with Gasteiger partial charge in [-0.25, -0.2) is 9.59 Å². The monoisotopic (exact) mass is 824 g/mol. The summed E-state index contributed by atoms with van der Waals surface area (Å²) < 4.78 is 1.95. The summed E-state index contributed by atoms with van der Waals surface area (Å²) in [4.78, 5) is 43.7. The van der Waals surface area contributed by atoms with E-state index in [4.69, 9.17) is 10.2 Å². The molecule has 0 saturated carbocycles. The van der Waals surface area contributed by atoms with Crippen LogP contribution in [0.5, 0.6) is 11.5 Å². The van der Waals surface area contributed by atoms with E-state index in [2.05, 4.69) is 10.6 Å². The summed E-state index contributed by atoms with van der Waals surface area (Å²) in [6.07, 6.45) is 0.367. The molecule has 2 unspecified atom stereocenters. The lowest BCUT2D eigenvalue weighted by atomic mass is 10.1. The highest BCUT2D eigenvalue weighted by Crippen LogP contribution is 2.28. The van der Waals surface area contributed by atoms with Gasteiger partial charge in [0.1, 0.15) is 23.6 Å². The summed E-state index contributed by atoms with van der Waals surface area (Å²) in [6.45, 7) is 2.55. The molecule has 2 aromatic rings. The lowest BCUT2D eigenvalue weighted by Gasteiger charge is -2.14. The smallest absolute Gasteiger partial charge is 0.326 e. The van der Waals surface area contributed by atoms with E-state index in [1.807, 2.05) is 67.8 Å². The van der Waals surface area contributed by atoms with Crippen molar-refractivity contribution in [1.82, 2.24) is 10.6 Å². The molecule has 0 aromatic heterocycles. The molecular weight excluding hydrogens is 801 g/mol. The number of rotatable bonds is 8. The number of halogens is 3. The number of hydrogen-bond donors (Lipinski definition) is 6. The third-order valence-corrected chi connectivity index (χ3v) is 6.83. The quantitative estimate of drug-likeness (QED) is 0.221. The average molecular weight is 824 g/mol. The molecule has 2 atom stereocenters. The van der Waals surface area contributed by atoms with Gasteiger partial charge in [-0.2, -0.15) is 0 Å². The third-order valence-electron chi connectivity index (χ3n) is 4.32. The molecule has 0 fully saturated rings. The first-order valence-electron chi connectivity index (χ1n) is 9.85. The van der Waals surface area contributed by atoms with Crippen LogP contribution in [-0.2, 0) is 32.0 Å². The third kappa shape index (κ3) is 11.1. The maximum Gasteiger partial charge on any atom is 0.326 e. The van der Waals surface area contributed by atoms with Crippen molar-refractivity contribution in [2.75, 3.05) is 0 Å². The zero-order chi connectivity index (χ0) is 26.9. The van der Waals surface area contributed by atoms with Gasteiger partial charge in [0.05, 0.1) is 10.7 Å². The molecule has 0 aliphatic carbocycles. The summed E-state index contributed by atoms with van der Waals surface area (Å²) in [7, 11) is 0. The summed E-state index contributed by atoms with van der Waals surface area (Å²) >= 11 is 5.91. The van der Waals surface area contributed by atoms with Crippen LogP contribution in [0.3, 0.4) is 0 Å². The number of carbonyl (C=O) groups excluding carboxylic acids is 2. The SMILES string of the molecule is CC(=O)NC(Cc1cc(I)c(O)c(I)c1)C(=O)O.CC(=O)NC(Cc1ccc(O)c(I)c1)C(=O)O. The second kappa shape index (κ2) is 14.6. The Bertz CT molecular complexity index is 1090. The Labute approximate surface area is 242 Å². The van der Waals surface area contributed by atoms with Gasteiger partial charge < -0.3 is 31.1 Å². The Morgan fingerprint density at radius 3 is 1.51 bits per heavy atom. The van der Waals surface area contributed by atoms with E-state index in [1.54, 1.807) is 24.3 Å². The molecule has 2 aromatic carbocycles. The van der Waals surface area contributed by atoms with Gasteiger partial charge in [0.2, 0.25) is 11.8 Å². The van der Waals surface area contributed by atoms with Crippen molar-refractivity contribution in [2.24, 2.45) is 0 Å². The number of carboxylic acids is 2. The number of hydrogen-bond acceptors (Lipinski definition) is 6. The van der Waals surface area contributed by atoms with Crippen LogP contribution in [0, 0.1) is 10.7 Å². The minimum atomic E-state index is -1.08. The molecule has 35 heavy (non-hydrogen) atoms. The molecule has 0 radical (unpaired) electrons. The average Bonchev–Trinajstić information content (AvgIpc) is 2.73. The molecule has 0 spiro atoms. The van der Waals surface area contributed by atoms with E-state index in [0.717, 1.165) is 11.1 Å². The van der Waals surface area contributed by atoms with Crippen molar-refractivity contribution >= 4 is 91.5 Å². The Kier molecular flexibility index (Phi) is 13.0. The van der Waals surface area contributed by atoms with Crippen LogP contribution >= 0.6 is 67.8 Å². The van der Waals surface area contributed by atoms with Crippen molar-refractivity contribution in [2.45, 2.75) is 38.8 Å². The van der Waals surface area contributed by atoms with E-state index < -0.39 is 24.0 Å². The summed E-state index contributed by atoms with van der Waals surface area (Å²) in [5.74, 6) is -2.59. The number of benzene rings is 2. The molecule has 13 heteroatoms. The zero-order valence-electron chi connectivity index (χ0n) is 18.5. The highest BCUT2D eigenvalue weighted by Gasteiger charge is 2.20. The predicted molar refractivity (Wildman–Crippen MR) is 152 cm³/mol. The van der Waals surface area contributed by atoms with Gasteiger partial charge in [0, 0.05) is 26.7 Å². The molecule has 0 aliphatic heterocycles. The van der Waals surface area contributed by atoms with Gasteiger partial charge in [-0.1, -0.05) is 6.07 Å². The highest BCUT2D eigenvalue weighted by atomic mass is 127. The van der Waals surface area contributed by atoms with Crippen LogP contribution in [0.2, 0.25) is 0 Å². The van der Waals surface area contributed by atoms with E-state index in [-0.39, 0.29) is 36.2 Å². The number of carboxylic acid groups (broad SMARTS) is 2. The van der Waals surface area contributed by atoms with Gasteiger partial charge >= 0.3 is 11.9 Å². The first-order valence-corrected chi connectivity index (χ1v) is 13.1. The van der Waals surface area contributed by atoms with Gasteiger partial charge in [-0.05, 0) is 103 Å². The fraction of sp³-hybridized carbons (Fsp3) is 0.273. The maximum absolute atomic E-state index is 11.0. The summed E-state index contributed by atoms with van der Waals surface area (Å²) in [5, 5.41) is 41.6. The number of aromatic hydroxyl groups is 2. The van der Waals surface area contributed by atoms with Crippen LogP contribution < -0.4 is 10.6 Å². The molecule has 0 bridgehead atoms. The lowest BCUT2D eigenvalue weighted by Crippen LogP contribution is -2.41. The highest BCUT2D eigenvalue weighted by molar-refractivity contribution is 14.1. The second-order valence-corrected chi connectivity index (χ2v) is 10.8. The van der Waals surface area contributed by atoms with Crippen molar-refractivity contribution < 1.29 is 39.6 Å². The molecule has 190 valence electrons. The van der Waals surface area contributed by atoms with Crippen LogP contribution in [0.15, 0.2) is 30.3 Å². The van der Waals surface area contributed by atoms with Crippen LogP contribution in [0.4, 0.5) is 0 Å².